The first-order valence-electron chi connectivity index (χ1n) is 5.58. The van der Waals surface area contributed by atoms with Crippen molar-refractivity contribution in [2.45, 2.75) is 52.6 Å². The summed E-state index contributed by atoms with van der Waals surface area (Å²) in [6.07, 6.45) is 7.90. The summed E-state index contributed by atoms with van der Waals surface area (Å²) in [7, 11) is 0. The van der Waals surface area contributed by atoms with Crippen molar-refractivity contribution in [1.29, 1.82) is 0 Å². The Hall–Kier alpha value is -1.05. The standard InChI is InChI=1S/C13H20O2/c1-10(2)5-4-6-11(3)9-12-7-8-13(14)15-12/h5,9,12H,4,6-8H2,1-3H3/b11-9+/t12-/m0/s1. The molecule has 0 N–H and O–H groups in total. The number of esters is 1. The van der Waals surface area contributed by atoms with Gasteiger partial charge in [-0.3, -0.25) is 4.79 Å². The summed E-state index contributed by atoms with van der Waals surface area (Å²) in [5.41, 5.74) is 2.67. The minimum Gasteiger partial charge on any atom is -0.458 e. The number of carbonyl (C=O) groups excluding carboxylic acids is 1. The van der Waals surface area contributed by atoms with Crippen LogP contribution in [0.5, 0.6) is 0 Å². The van der Waals surface area contributed by atoms with E-state index in [2.05, 4.69) is 32.9 Å². The molecule has 1 fully saturated rings. The molecule has 1 heterocycles. The smallest absolute Gasteiger partial charge is 0.306 e. The molecule has 0 aromatic rings. The first-order chi connectivity index (χ1) is 7.08. The molecule has 0 aromatic carbocycles. The number of cyclic esters (lactones) is 1. The minimum absolute atomic E-state index is 0.0317. The highest BCUT2D eigenvalue weighted by Gasteiger charge is 2.20. The van der Waals surface area contributed by atoms with Crippen LogP contribution in [0.15, 0.2) is 23.3 Å². The summed E-state index contributed by atoms with van der Waals surface area (Å²) in [5, 5.41) is 0. The van der Waals surface area contributed by atoms with Gasteiger partial charge < -0.3 is 4.74 Å². The zero-order chi connectivity index (χ0) is 11.3. The van der Waals surface area contributed by atoms with E-state index in [0.717, 1.165) is 19.3 Å². The van der Waals surface area contributed by atoms with Gasteiger partial charge in [-0.1, -0.05) is 17.2 Å². The van der Waals surface area contributed by atoms with Gasteiger partial charge in [0.15, 0.2) is 0 Å². The molecule has 1 aliphatic heterocycles. The molecule has 1 rings (SSSR count). The SMILES string of the molecule is CC(C)=CCC/C(C)=C/[C@@H]1CCC(=O)O1. The first-order valence-corrected chi connectivity index (χ1v) is 5.58. The normalized spacial score (nSPS) is 21.4. The highest BCUT2D eigenvalue weighted by molar-refractivity contribution is 5.71. The molecule has 1 aliphatic rings. The number of carbonyl (C=O) groups is 1. The Morgan fingerprint density at radius 1 is 1.47 bits per heavy atom. The molecule has 84 valence electrons. The van der Waals surface area contributed by atoms with Gasteiger partial charge in [0.1, 0.15) is 6.10 Å². The second-order valence-corrected chi connectivity index (χ2v) is 4.40. The lowest BCUT2D eigenvalue weighted by Crippen LogP contribution is -2.03. The topological polar surface area (TPSA) is 26.3 Å². The van der Waals surface area contributed by atoms with Crippen LogP contribution < -0.4 is 0 Å². The molecular weight excluding hydrogens is 188 g/mol. The van der Waals surface area contributed by atoms with Gasteiger partial charge in [-0.15, -0.1) is 0 Å². The Bertz CT molecular complexity index is 283. The summed E-state index contributed by atoms with van der Waals surface area (Å²) in [6.45, 7) is 6.32. The van der Waals surface area contributed by atoms with E-state index < -0.39 is 0 Å². The second-order valence-electron chi connectivity index (χ2n) is 4.40. The Morgan fingerprint density at radius 2 is 2.20 bits per heavy atom. The third-order valence-electron chi connectivity index (χ3n) is 2.48. The van der Waals surface area contributed by atoms with E-state index in [1.807, 2.05) is 0 Å². The lowest BCUT2D eigenvalue weighted by atomic mass is 10.1. The Labute approximate surface area is 92.0 Å². The van der Waals surface area contributed by atoms with Gasteiger partial charge in [0.25, 0.3) is 0 Å². The van der Waals surface area contributed by atoms with Crippen molar-refractivity contribution < 1.29 is 9.53 Å². The van der Waals surface area contributed by atoms with Crippen molar-refractivity contribution in [2.75, 3.05) is 0 Å². The van der Waals surface area contributed by atoms with Crippen molar-refractivity contribution in [3.8, 4) is 0 Å². The molecule has 0 aromatic heterocycles. The van der Waals surface area contributed by atoms with Crippen LogP contribution in [-0.4, -0.2) is 12.1 Å². The zero-order valence-corrected chi connectivity index (χ0v) is 9.88. The summed E-state index contributed by atoms with van der Waals surface area (Å²) in [5.74, 6) is -0.0617. The summed E-state index contributed by atoms with van der Waals surface area (Å²) >= 11 is 0. The fraction of sp³-hybridized carbons (Fsp3) is 0.615. The van der Waals surface area contributed by atoms with Crippen LogP contribution in [0.25, 0.3) is 0 Å². The molecule has 1 atom stereocenters. The molecule has 15 heavy (non-hydrogen) atoms. The van der Waals surface area contributed by atoms with Crippen molar-refractivity contribution in [1.82, 2.24) is 0 Å². The van der Waals surface area contributed by atoms with E-state index in [1.54, 1.807) is 0 Å². The number of ether oxygens (including phenoxy) is 1. The van der Waals surface area contributed by atoms with Crippen molar-refractivity contribution in [2.24, 2.45) is 0 Å². The third-order valence-corrected chi connectivity index (χ3v) is 2.48. The first kappa shape index (κ1) is 12.0. The lowest BCUT2D eigenvalue weighted by Gasteiger charge is -2.05. The van der Waals surface area contributed by atoms with Crippen LogP contribution >= 0.6 is 0 Å². The predicted molar refractivity (Wildman–Crippen MR) is 61.5 cm³/mol. The molecule has 0 spiro atoms. The van der Waals surface area contributed by atoms with Crippen LogP contribution in [0, 0.1) is 0 Å². The quantitative estimate of drug-likeness (QED) is 0.523. The molecule has 0 saturated carbocycles. The van der Waals surface area contributed by atoms with Gasteiger partial charge in [0.2, 0.25) is 0 Å². The van der Waals surface area contributed by atoms with Gasteiger partial charge >= 0.3 is 5.97 Å². The van der Waals surface area contributed by atoms with Crippen LogP contribution in [0.2, 0.25) is 0 Å². The van der Waals surface area contributed by atoms with Crippen molar-refractivity contribution in [3.05, 3.63) is 23.3 Å². The molecule has 0 amide bonds. The minimum atomic E-state index is -0.0617. The van der Waals surface area contributed by atoms with E-state index in [1.165, 1.54) is 11.1 Å². The second kappa shape index (κ2) is 5.74. The van der Waals surface area contributed by atoms with Crippen LogP contribution in [0.3, 0.4) is 0 Å². The fourth-order valence-corrected chi connectivity index (χ4v) is 1.65. The van der Waals surface area contributed by atoms with E-state index in [-0.39, 0.29) is 12.1 Å². The Morgan fingerprint density at radius 3 is 2.73 bits per heavy atom. The maximum Gasteiger partial charge on any atom is 0.306 e. The Balaban J connectivity index is 2.33. The molecule has 2 nitrogen and oxygen atoms in total. The summed E-state index contributed by atoms with van der Waals surface area (Å²) < 4.78 is 5.13. The molecule has 0 unspecified atom stereocenters. The molecule has 0 radical (unpaired) electrons. The predicted octanol–water partition coefficient (Wildman–Crippen LogP) is 3.38. The molecule has 1 saturated heterocycles. The van der Waals surface area contributed by atoms with Gasteiger partial charge in [0.05, 0.1) is 0 Å². The third kappa shape index (κ3) is 4.82. The molecule has 2 heteroatoms. The number of hydrogen-bond donors (Lipinski definition) is 0. The molecule has 0 aliphatic carbocycles. The highest BCUT2D eigenvalue weighted by atomic mass is 16.5. The van der Waals surface area contributed by atoms with Crippen LogP contribution in [0.1, 0.15) is 46.5 Å². The van der Waals surface area contributed by atoms with E-state index in [0.29, 0.717) is 6.42 Å². The fourth-order valence-electron chi connectivity index (χ4n) is 1.65. The molecule has 0 bridgehead atoms. The maximum atomic E-state index is 10.9. The zero-order valence-electron chi connectivity index (χ0n) is 9.88. The molecular formula is C13H20O2. The van der Waals surface area contributed by atoms with Gasteiger partial charge in [-0.25, -0.2) is 0 Å². The van der Waals surface area contributed by atoms with Crippen molar-refractivity contribution >= 4 is 5.97 Å². The van der Waals surface area contributed by atoms with E-state index in [4.69, 9.17) is 4.74 Å². The highest BCUT2D eigenvalue weighted by Crippen LogP contribution is 2.18. The largest absolute Gasteiger partial charge is 0.458 e. The van der Waals surface area contributed by atoms with Gasteiger partial charge in [-0.2, -0.15) is 0 Å². The average molecular weight is 208 g/mol. The summed E-state index contributed by atoms with van der Waals surface area (Å²) in [6, 6.07) is 0. The van der Waals surface area contributed by atoms with E-state index in [9.17, 15) is 4.79 Å². The average Bonchev–Trinajstić information content (AvgIpc) is 2.50. The lowest BCUT2D eigenvalue weighted by molar-refractivity contribution is -0.140. The van der Waals surface area contributed by atoms with Crippen LogP contribution in [0.4, 0.5) is 0 Å². The maximum absolute atomic E-state index is 10.9. The number of hydrogen-bond acceptors (Lipinski definition) is 2. The van der Waals surface area contributed by atoms with E-state index >= 15 is 0 Å². The number of rotatable bonds is 4. The Kier molecular flexibility index (Phi) is 4.60. The van der Waals surface area contributed by atoms with Crippen molar-refractivity contribution in [3.63, 3.8) is 0 Å². The van der Waals surface area contributed by atoms with Gasteiger partial charge in [-0.05, 0) is 46.1 Å². The summed E-state index contributed by atoms with van der Waals surface area (Å²) in [4.78, 5) is 10.9. The monoisotopic (exact) mass is 208 g/mol. The number of allylic oxidation sites excluding steroid dienone is 3. The van der Waals surface area contributed by atoms with Crippen LogP contribution in [-0.2, 0) is 9.53 Å². The van der Waals surface area contributed by atoms with Gasteiger partial charge in [0, 0.05) is 6.42 Å².